The van der Waals surface area contributed by atoms with Crippen molar-refractivity contribution in [1.29, 1.82) is 0 Å². The van der Waals surface area contributed by atoms with Crippen LogP contribution in [-0.2, 0) is 4.79 Å². The van der Waals surface area contributed by atoms with E-state index in [2.05, 4.69) is 36.2 Å². The van der Waals surface area contributed by atoms with Crippen LogP contribution in [0, 0.1) is 0 Å². The molecule has 1 aromatic heterocycles. The van der Waals surface area contributed by atoms with Crippen LogP contribution in [0.2, 0.25) is 0 Å². The first-order chi connectivity index (χ1) is 14.1. The molecule has 7 nitrogen and oxygen atoms in total. The van der Waals surface area contributed by atoms with Gasteiger partial charge in [0.05, 0.1) is 0 Å². The molecule has 2 aliphatic rings. The smallest absolute Gasteiger partial charge is 0.325 e. The Kier molecular flexibility index (Phi) is 5.44. The number of carbonyl (C=O) groups is 1. The van der Waals surface area contributed by atoms with Crippen LogP contribution >= 0.6 is 15.9 Å². The SMILES string of the molecule is O=C(Nc1ccc(OC2=c3[nH]c(=O)[nH]c3=NC=CC2)cc1)C1=CC(Br)=CCC=C1. The van der Waals surface area contributed by atoms with Crippen molar-refractivity contribution in [2.24, 2.45) is 4.99 Å². The third kappa shape index (κ3) is 4.55. The molecular formula is C21H17BrN4O3. The standard InChI is InChI=1S/C21H17BrN4O3/c22-14-5-2-1-4-13(12-14)20(27)24-15-7-9-16(10-8-15)29-17-6-3-11-23-19-18(17)25-21(28)26-19/h1,3-5,7-12H,2,6H2,(H,24,27)(H2,23,25,26,28). The average molecular weight is 453 g/mol. The van der Waals surface area contributed by atoms with Gasteiger partial charge in [0.25, 0.3) is 5.91 Å². The van der Waals surface area contributed by atoms with Crippen LogP contribution in [0.3, 0.4) is 0 Å². The number of benzene rings is 1. The number of ether oxygens (including phenoxy) is 1. The van der Waals surface area contributed by atoms with Gasteiger partial charge in [-0.15, -0.1) is 0 Å². The summed E-state index contributed by atoms with van der Waals surface area (Å²) < 4.78 is 6.82. The molecule has 146 valence electrons. The van der Waals surface area contributed by atoms with E-state index in [0.717, 1.165) is 10.9 Å². The quantitative estimate of drug-likeness (QED) is 0.664. The predicted octanol–water partition coefficient (Wildman–Crippen LogP) is 2.53. The number of fused-ring (bicyclic) bond motifs is 1. The Hall–Kier alpha value is -3.39. The number of rotatable bonds is 4. The number of hydrogen-bond acceptors (Lipinski definition) is 4. The summed E-state index contributed by atoms with van der Waals surface area (Å²) in [5, 5.41) is 3.40. The van der Waals surface area contributed by atoms with Gasteiger partial charge in [0.15, 0.2) is 5.49 Å². The maximum atomic E-state index is 12.5. The topological polar surface area (TPSA) is 99.3 Å². The minimum atomic E-state index is -0.337. The lowest BCUT2D eigenvalue weighted by Gasteiger charge is -2.09. The van der Waals surface area contributed by atoms with Gasteiger partial charge in [-0.05, 0) is 36.8 Å². The minimum absolute atomic E-state index is 0.193. The van der Waals surface area contributed by atoms with E-state index in [1.807, 2.05) is 18.2 Å². The van der Waals surface area contributed by atoms with Gasteiger partial charge in [-0.25, -0.2) is 9.79 Å². The van der Waals surface area contributed by atoms with Crippen LogP contribution in [0.1, 0.15) is 12.8 Å². The van der Waals surface area contributed by atoms with Crippen LogP contribution in [-0.4, -0.2) is 15.9 Å². The first-order valence-corrected chi connectivity index (χ1v) is 9.75. The van der Waals surface area contributed by atoms with Gasteiger partial charge in [0.2, 0.25) is 0 Å². The molecule has 0 fully saturated rings. The van der Waals surface area contributed by atoms with Crippen molar-refractivity contribution in [3.63, 3.8) is 0 Å². The fourth-order valence-corrected chi connectivity index (χ4v) is 3.31. The third-order valence-electron chi connectivity index (χ3n) is 4.25. The first-order valence-electron chi connectivity index (χ1n) is 8.96. The Balaban J connectivity index is 1.51. The Labute approximate surface area is 174 Å². The van der Waals surface area contributed by atoms with E-state index < -0.39 is 0 Å². The summed E-state index contributed by atoms with van der Waals surface area (Å²) in [7, 11) is 0. The van der Waals surface area contributed by atoms with E-state index in [1.54, 1.807) is 42.6 Å². The van der Waals surface area contributed by atoms with Crippen molar-refractivity contribution >= 4 is 33.3 Å². The second-order valence-electron chi connectivity index (χ2n) is 6.35. The summed E-state index contributed by atoms with van der Waals surface area (Å²) in [6.45, 7) is 0. The van der Waals surface area contributed by atoms with Crippen LogP contribution in [0.5, 0.6) is 5.75 Å². The zero-order valence-electron chi connectivity index (χ0n) is 15.2. The summed E-state index contributed by atoms with van der Waals surface area (Å²) >= 11 is 3.42. The summed E-state index contributed by atoms with van der Waals surface area (Å²) in [5.74, 6) is 0.972. The van der Waals surface area contributed by atoms with E-state index in [4.69, 9.17) is 4.74 Å². The number of aromatic amines is 2. The maximum absolute atomic E-state index is 12.5. The van der Waals surface area contributed by atoms with Crippen molar-refractivity contribution in [2.45, 2.75) is 12.8 Å². The Morgan fingerprint density at radius 3 is 2.83 bits per heavy atom. The molecule has 2 heterocycles. The zero-order chi connectivity index (χ0) is 20.2. The molecule has 0 spiro atoms. The molecule has 3 N–H and O–H groups in total. The predicted molar refractivity (Wildman–Crippen MR) is 114 cm³/mol. The molecule has 1 aromatic carbocycles. The van der Waals surface area contributed by atoms with Gasteiger partial charge >= 0.3 is 5.69 Å². The highest BCUT2D eigenvalue weighted by Gasteiger charge is 2.10. The normalized spacial score (nSPS) is 15.4. The molecule has 4 rings (SSSR count). The van der Waals surface area contributed by atoms with Crippen LogP contribution < -0.4 is 26.6 Å². The number of H-pyrrole nitrogens is 2. The summed E-state index contributed by atoms with van der Waals surface area (Å²) in [4.78, 5) is 33.5. The lowest BCUT2D eigenvalue weighted by atomic mass is 10.2. The number of aromatic nitrogens is 2. The number of carbonyl (C=O) groups excluding carboxylic acids is 1. The lowest BCUT2D eigenvalue weighted by molar-refractivity contribution is -0.112. The van der Waals surface area contributed by atoms with Gasteiger partial charge in [-0.3, -0.25) is 9.78 Å². The van der Waals surface area contributed by atoms with E-state index >= 15 is 0 Å². The number of amides is 1. The van der Waals surface area contributed by atoms with Gasteiger partial charge in [-0.1, -0.05) is 40.2 Å². The summed E-state index contributed by atoms with van der Waals surface area (Å²) in [6.07, 6.45) is 12.2. The largest absolute Gasteiger partial charge is 0.459 e. The van der Waals surface area contributed by atoms with Crippen molar-refractivity contribution in [3.05, 3.63) is 92.2 Å². The van der Waals surface area contributed by atoms with Gasteiger partial charge in [0, 0.05) is 28.4 Å². The van der Waals surface area contributed by atoms with Gasteiger partial charge in [-0.2, -0.15) is 0 Å². The Morgan fingerprint density at radius 2 is 2.00 bits per heavy atom. The molecular weight excluding hydrogens is 436 g/mol. The zero-order valence-corrected chi connectivity index (χ0v) is 16.8. The maximum Gasteiger partial charge on any atom is 0.325 e. The number of imidazole rings is 1. The number of allylic oxidation sites excluding steroid dienone is 4. The Morgan fingerprint density at radius 1 is 1.17 bits per heavy atom. The average Bonchev–Trinajstić information content (AvgIpc) is 2.84. The Bertz CT molecular complexity index is 1240. The number of anilines is 1. The number of halogens is 1. The van der Waals surface area contributed by atoms with Crippen molar-refractivity contribution in [2.75, 3.05) is 5.32 Å². The molecule has 0 radical (unpaired) electrons. The molecule has 0 atom stereocenters. The number of nitrogens with one attached hydrogen (secondary N) is 3. The molecule has 0 bridgehead atoms. The molecule has 8 heteroatoms. The number of hydrogen-bond donors (Lipinski definition) is 3. The van der Waals surface area contributed by atoms with Gasteiger partial charge < -0.3 is 15.0 Å². The fourth-order valence-electron chi connectivity index (χ4n) is 2.88. The van der Waals surface area contributed by atoms with Crippen LogP contribution in [0.4, 0.5) is 5.69 Å². The highest BCUT2D eigenvalue weighted by Crippen LogP contribution is 2.21. The lowest BCUT2D eigenvalue weighted by Crippen LogP contribution is -2.28. The third-order valence-corrected chi connectivity index (χ3v) is 4.81. The molecule has 2 aromatic rings. The van der Waals surface area contributed by atoms with E-state index in [9.17, 15) is 9.59 Å². The molecule has 1 amide bonds. The van der Waals surface area contributed by atoms with Crippen LogP contribution in [0.15, 0.2) is 80.7 Å². The molecule has 0 unspecified atom stereocenters. The molecule has 29 heavy (non-hydrogen) atoms. The van der Waals surface area contributed by atoms with Gasteiger partial charge in [0.1, 0.15) is 16.9 Å². The molecule has 1 aliphatic heterocycles. The second kappa shape index (κ2) is 8.32. The highest BCUT2D eigenvalue weighted by atomic mass is 79.9. The van der Waals surface area contributed by atoms with Crippen molar-refractivity contribution in [3.8, 4) is 5.75 Å². The highest BCUT2D eigenvalue weighted by molar-refractivity contribution is 9.11. The van der Waals surface area contributed by atoms with E-state index in [1.165, 1.54) is 0 Å². The monoisotopic (exact) mass is 452 g/mol. The van der Waals surface area contributed by atoms with Crippen molar-refractivity contribution < 1.29 is 9.53 Å². The second-order valence-corrected chi connectivity index (χ2v) is 7.27. The molecule has 1 aliphatic carbocycles. The first kappa shape index (κ1) is 18.9. The molecule has 0 saturated heterocycles. The van der Waals surface area contributed by atoms with E-state index in [-0.39, 0.29) is 11.6 Å². The van der Waals surface area contributed by atoms with Crippen LogP contribution in [0.25, 0.3) is 5.76 Å². The summed E-state index contributed by atoms with van der Waals surface area (Å²) in [6, 6.07) is 7.03. The van der Waals surface area contributed by atoms with Crippen molar-refractivity contribution in [1.82, 2.24) is 9.97 Å². The minimum Gasteiger partial charge on any atom is -0.459 e. The fraction of sp³-hybridized carbons (Fsp3) is 0.0952. The van der Waals surface area contributed by atoms with E-state index in [0.29, 0.717) is 40.0 Å². The number of nitrogens with zero attached hydrogens (tertiary/aromatic N) is 1. The molecule has 0 saturated carbocycles. The summed E-state index contributed by atoms with van der Waals surface area (Å²) in [5.41, 5.74) is 1.32.